The summed E-state index contributed by atoms with van der Waals surface area (Å²) in [5.41, 5.74) is 4.19. The summed E-state index contributed by atoms with van der Waals surface area (Å²) in [6.07, 6.45) is 4.14. The summed E-state index contributed by atoms with van der Waals surface area (Å²) in [6, 6.07) is 7.32. The van der Waals surface area contributed by atoms with E-state index >= 15 is 0 Å². The van der Waals surface area contributed by atoms with Crippen molar-refractivity contribution < 1.29 is 4.74 Å². The highest BCUT2D eigenvalue weighted by atomic mass is 32.2. The number of benzene rings is 1. The van der Waals surface area contributed by atoms with Gasteiger partial charge in [0.15, 0.2) is 0 Å². The van der Waals surface area contributed by atoms with Crippen LogP contribution in [0.1, 0.15) is 48.9 Å². The number of hydrogen-bond acceptors (Lipinski definition) is 3. The van der Waals surface area contributed by atoms with E-state index in [2.05, 4.69) is 44.3 Å². The van der Waals surface area contributed by atoms with E-state index < -0.39 is 0 Å². The fourth-order valence-electron chi connectivity index (χ4n) is 2.67. The highest BCUT2D eigenvalue weighted by Crippen LogP contribution is 2.24. The van der Waals surface area contributed by atoms with Crippen LogP contribution in [0.3, 0.4) is 0 Å². The first-order valence-electron chi connectivity index (χ1n) is 8.20. The molecule has 1 fully saturated rings. The SMILES string of the molecule is CCCNC(CSCC1CCCO1)c1ccc(C)c(C)c1. The molecule has 3 heteroatoms. The molecule has 1 N–H and O–H groups in total. The van der Waals surface area contributed by atoms with E-state index in [0.29, 0.717) is 12.1 Å². The Labute approximate surface area is 134 Å². The second-order valence-electron chi connectivity index (χ2n) is 6.02. The van der Waals surface area contributed by atoms with Crippen LogP contribution in [0.15, 0.2) is 18.2 Å². The van der Waals surface area contributed by atoms with Crippen molar-refractivity contribution in [2.45, 2.75) is 52.2 Å². The van der Waals surface area contributed by atoms with Gasteiger partial charge in [0.1, 0.15) is 0 Å². The molecule has 2 atom stereocenters. The normalized spacial score (nSPS) is 19.9. The van der Waals surface area contributed by atoms with E-state index in [1.165, 1.54) is 36.0 Å². The standard InChI is InChI=1S/C18H29NOS/c1-4-9-19-18(13-21-12-17-6-5-10-20-17)16-8-7-14(2)15(3)11-16/h7-8,11,17-19H,4-6,9-10,12-13H2,1-3H3. The van der Waals surface area contributed by atoms with Gasteiger partial charge in [0.2, 0.25) is 0 Å². The van der Waals surface area contributed by atoms with Crippen molar-refractivity contribution in [3.8, 4) is 0 Å². The number of ether oxygens (including phenoxy) is 1. The summed E-state index contributed by atoms with van der Waals surface area (Å²) in [5, 5.41) is 3.70. The minimum atomic E-state index is 0.454. The second kappa shape index (κ2) is 8.82. The minimum absolute atomic E-state index is 0.454. The molecule has 0 radical (unpaired) electrons. The van der Waals surface area contributed by atoms with Crippen LogP contribution in [0.4, 0.5) is 0 Å². The van der Waals surface area contributed by atoms with Crippen LogP contribution in [0.5, 0.6) is 0 Å². The van der Waals surface area contributed by atoms with Gasteiger partial charge in [-0.3, -0.25) is 0 Å². The third-order valence-corrected chi connectivity index (χ3v) is 5.36. The van der Waals surface area contributed by atoms with E-state index in [0.717, 1.165) is 24.7 Å². The molecule has 21 heavy (non-hydrogen) atoms. The first-order valence-corrected chi connectivity index (χ1v) is 9.36. The van der Waals surface area contributed by atoms with Crippen LogP contribution in [-0.2, 0) is 4.74 Å². The Morgan fingerprint density at radius 3 is 2.86 bits per heavy atom. The van der Waals surface area contributed by atoms with Gasteiger partial charge in [0.25, 0.3) is 0 Å². The Morgan fingerprint density at radius 1 is 1.33 bits per heavy atom. The number of rotatable bonds is 8. The van der Waals surface area contributed by atoms with Crippen LogP contribution in [0, 0.1) is 13.8 Å². The zero-order chi connectivity index (χ0) is 15.1. The predicted octanol–water partition coefficient (Wildman–Crippen LogP) is 4.26. The maximum Gasteiger partial charge on any atom is 0.0666 e. The Kier molecular flexibility index (Phi) is 7.08. The smallest absolute Gasteiger partial charge is 0.0666 e. The van der Waals surface area contributed by atoms with Crippen LogP contribution in [0.25, 0.3) is 0 Å². The average molecular weight is 308 g/mol. The molecule has 0 amide bonds. The van der Waals surface area contributed by atoms with Crippen molar-refractivity contribution in [1.82, 2.24) is 5.32 Å². The zero-order valence-electron chi connectivity index (χ0n) is 13.7. The number of thioether (sulfide) groups is 1. The molecule has 1 aliphatic heterocycles. The largest absolute Gasteiger partial charge is 0.377 e. The second-order valence-corrected chi connectivity index (χ2v) is 7.10. The van der Waals surface area contributed by atoms with Crippen LogP contribution < -0.4 is 5.32 Å². The Morgan fingerprint density at radius 2 is 2.19 bits per heavy atom. The molecule has 2 nitrogen and oxygen atoms in total. The third kappa shape index (κ3) is 5.32. The maximum atomic E-state index is 5.72. The Bertz CT molecular complexity index is 429. The summed E-state index contributed by atoms with van der Waals surface area (Å²) in [4.78, 5) is 0. The highest BCUT2D eigenvalue weighted by Gasteiger charge is 2.17. The number of aryl methyl sites for hydroxylation is 2. The van der Waals surface area contributed by atoms with Gasteiger partial charge in [-0.25, -0.2) is 0 Å². The monoisotopic (exact) mass is 307 g/mol. The van der Waals surface area contributed by atoms with Crippen molar-refractivity contribution in [3.05, 3.63) is 34.9 Å². The van der Waals surface area contributed by atoms with Crippen molar-refractivity contribution in [3.63, 3.8) is 0 Å². The molecule has 1 aliphatic rings. The van der Waals surface area contributed by atoms with E-state index in [1.54, 1.807) is 0 Å². The molecule has 118 valence electrons. The molecular weight excluding hydrogens is 278 g/mol. The van der Waals surface area contributed by atoms with Crippen molar-refractivity contribution in [2.24, 2.45) is 0 Å². The van der Waals surface area contributed by atoms with Crippen LogP contribution in [-0.4, -0.2) is 30.8 Å². The Balaban J connectivity index is 1.90. The quantitative estimate of drug-likeness (QED) is 0.775. The average Bonchev–Trinajstić information content (AvgIpc) is 2.99. The molecule has 2 rings (SSSR count). The molecule has 0 saturated carbocycles. The van der Waals surface area contributed by atoms with Crippen LogP contribution in [0.2, 0.25) is 0 Å². The maximum absolute atomic E-state index is 5.72. The van der Waals surface area contributed by atoms with Gasteiger partial charge in [0.05, 0.1) is 6.10 Å². The van der Waals surface area contributed by atoms with Crippen molar-refractivity contribution in [2.75, 3.05) is 24.7 Å². The number of nitrogens with one attached hydrogen (secondary N) is 1. The summed E-state index contributed by atoms with van der Waals surface area (Å²) < 4.78 is 5.72. The summed E-state index contributed by atoms with van der Waals surface area (Å²) >= 11 is 2.03. The molecule has 1 saturated heterocycles. The molecule has 0 aliphatic carbocycles. The Hall–Kier alpha value is -0.510. The fraction of sp³-hybridized carbons (Fsp3) is 0.667. The van der Waals surface area contributed by atoms with Gasteiger partial charge in [-0.15, -0.1) is 0 Å². The highest BCUT2D eigenvalue weighted by molar-refractivity contribution is 7.99. The molecule has 0 spiro atoms. The first kappa shape index (κ1) is 16.9. The lowest BCUT2D eigenvalue weighted by atomic mass is 10.0. The van der Waals surface area contributed by atoms with Gasteiger partial charge in [-0.2, -0.15) is 11.8 Å². The number of hydrogen-bond donors (Lipinski definition) is 1. The van der Waals surface area contributed by atoms with Gasteiger partial charge in [-0.1, -0.05) is 25.1 Å². The summed E-state index contributed by atoms with van der Waals surface area (Å²) in [6.45, 7) is 8.65. The van der Waals surface area contributed by atoms with E-state index in [9.17, 15) is 0 Å². The van der Waals surface area contributed by atoms with Gasteiger partial charge >= 0.3 is 0 Å². The van der Waals surface area contributed by atoms with Crippen molar-refractivity contribution in [1.29, 1.82) is 0 Å². The lowest BCUT2D eigenvalue weighted by molar-refractivity contribution is 0.129. The lowest BCUT2D eigenvalue weighted by Gasteiger charge is -2.20. The molecule has 0 aromatic heterocycles. The summed E-state index contributed by atoms with van der Waals surface area (Å²) in [5.74, 6) is 2.26. The zero-order valence-corrected chi connectivity index (χ0v) is 14.5. The minimum Gasteiger partial charge on any atom is -0.377 e. The molecular formula is C18H29NOS. The topological polar surface area (TPSA) is 21.3 Å². The fourth-order valence-corrected chi connectivity index (χ4v) is 3.87. The van der Waals surface area contributed by atoms with E-state index in [4.69, 9.17) is 4.74 Å². The van der Waals surface area contributed by atoms with Crippen LogP contribution >= 0.6 is 11.8 Å². The van der Waals surface area contributed by atoms with E-state index in [-0.39, 0.29) is 0 Å². The third-order valence-electron chi connectivity index (χ3n) is 4.19. The van der Waals surface area contributed by atoms with Gasteiger partial charge in [0, 0.05) is 24.2 Å². The van der Waals surface area contributed by atoms with Gasteiger partial charge in [-0.05, 0) is 56.3 Å². The molecule has 2 unspecified atom stereocenters. The molecule has 1 aromatic carbocycles. The first-order chi connectivity index (χ1) is 10.2. The molecule has 1 aromatic rings. The van der Waals surface area contributed by atoms with Gasteiger partial charge < -0.3 is 10.1 Å². The summed E-state index contributed by atoms with van der Waals surface area (Å²) in [7, 11) is 0. The van der Waals surface area contributed by atoms with Crippen molar-refractivity contribution >= 4 is 11.8 Å². The van der Waals surface area contributed by atoms with E-state index in [1.807, 2.05) is 11.8 Å². The predicted molar refractivity (Wildman–Crippen MR) is 93.2 cm³/mol. The molecule has 1 heterocycles. The lowest BCUT2D eigenvalue weighted by Crippen LogP contribution is -2.25. The molecule has 0 bridgehead atoms.